The molecule has 0 aliphatic heterocycles. The number of anilines is 1. The number of carbonyl (C=O) groups excluding carboxylic acids is 1. The topological polar surface area (TPSA) is 119 Å². The second kappa shape index (κ2) is 10.9. The van der Waals surface area contributed by atoms with Crippen LogP contribution in [0.2, 0.25) is 0 Å². The predicted molar refractivity (Wildman–Crippen MR) is 130 cm³/mol. The van der Waals surface area contributed by atoms with Gasteiger partial charge in [0.15, 0.2) is 11.5 Å². The predicted octanol–water partition coefficient (Wildman–Crippen LogP) is 3.47. The number of nitrogens with zero attached hydrogens (tertiary/aromatic N) is 3. The largest absolute Gasteiger partial charge is 0.493 e. The maximum atomic E-state index is 13.4. The van der Waals surface area contributed by atoms with E-state index in [0.29, 0.717) is 11.5 Å². The summed E-state index contributed by atoms with van der Waals surface area (Å²) < 4.78 is 38.3. The molecule has 0 atom stereocenters. The molecule has 1 amide bonds. The Morgan fingerprint density at radius 3 is 2.26 bits per heavy atom. The number of sulfonamides is 1. The number of non-ortho nitro benzene ring substituents is 1. The second-order valence-corrected chi connectivity index (χ2v) is 9.40. The lowest BCUT2D eigenvalue weighted by molar-refractivity contribution is -0.384. The zero-order chi connectivity index (χ0) is 25.6. The van der Waals surface area contributed by atoms with Gasteiger partial charge in [0.25, 0.3) is 15.7 Å². The summed E-state index contributed by atoms with van der Waals surface area (Å²) in [7, 11) is 0.369. The summed E-state index contributed by atoms with van der Waals surface area (Å²) in [6, 6.07) is 18.0. The van der Waals surface area contributed by atoms with Gasteiger partial charge in [0.2, 0.25) is 5.91 Å². The van der Waals surface area contributed by atoms with Crippen molar-refractivity contribution in [1.82, 2.24) is 4.90 Å². The first-order chi connectivity index (χ1) is 16.7. The summed E-state index contributed by atoms with van der Waals surface area (Å²) in [5, 5.41) is 11.3. The lowest BCUT2D eigenvalue weighted by atomic mass is 10.2. The van der Waals surface area contributed by atoms with E-state index in [1.807, 2.05) is 0 Å². The van der Waals surface area contributed by atoms with Gasteiger partial charge in [0.1, 0.15) is 6.54 Å². The van der Waals surface area contributed by atoms with Crippen LogP contribution in [-0.4, -0.2) is 52.0 Å². The van der Waals surface area contributed by atoms with E-state index in [1.165, 1.54) is 49.5 Å². The average Bonchev–Trinajstić information content (AvgIpc) is 2.87. The van der Waals surface area contributed by atoms with E-state index < -0.39 is 27.4 Å². The molecule has 35 heavy (non-hydrogen) atoms. The highest BCUT2D eigenvalue weighted by Crippen LogP contribution is 2.29. The van der Waals surface area contributed by atoms with Crippen LogP contribution in [0.3, 0.4) is 0 Å². The standard InChI is InChI=1S/C24H25N3O7S/c1-25(16-18-12-13-22(33-2)23(14-18)34-3)24(28)17-26(19-8-7-9-20(15-19)27(29)30)35(31,32)21-10-5-4-6-11-21/h4-15H,16-17H2,1-3H3. The maximum Gasteiger partial charge on any atom is 0.271 e. The number of likely N-dealkylation sites (N-methyl/N-ethyl adjacent to an activating group) is 1. The Morgan fingerprint density at radius 2 is 1.63 bits per heavy atom. The van der Waals surface area contributed by atoms with E-state index in [4.69, 9.17) is 9.47 Å². The van der Waals surface area contributed by atoms with Gasteiger partial charge in [-0.25, -0.2) is 8.42 Å². The summed E-state index contributed by atoms with van der Waals surface area (Å²) in [6.07, 6.45) is 0. The SMILES string of the molecule is COc1ccc(CN(C)C(=O)CN(c2cccc([N+](=O)[O-])c2)S(=O)(=O)c2ccccc2)cc1OC. The molecule has 3 aromatic rings. The smallest absolute Gasteiger partial charge is 0.271 e. The lowest BCUT2D eigenvalue weighted by Gasteiger charge is -2.26. The van der Waals surface area contributed by atoms with Crippen LogP contribution in [-0.2, 0) is 21.4 Å². The molecular formula is C24H25N3O7S. The van der Waals surface area contributed by atoms with Crippen LogP contribution in [0, 0.1) is 10.1 Å². The monoisotopic (exact) mass is 499 g/mol. The number of hydrogen-bond donors (Lipinski definition) is 0. The molecule has 0 spiro atoms. The van der Waals surface area contributed by atoms with Crippen molar-refractivity contribution in [2.75, 3.05) is 32.1 Å². The normalized spacial score (nSPS) is 10.9. The van der Waals surface area contributed by atoms with Crippen molar-refractivity contribution < 1.29 is 27.6 Å². The Kier molecular flexibility index (Phi) is 7.92. The lowest BCUT2D eigenvalue weighted by Crippen LogP contribution is -2.41. The number of nitro benzene ring substituents is 1. The van der Waals surface area contributed by atoms with Crippen molar-refractivity contribution >= 4 is 27.3 Å². The van der Waals surface area contributed by atoms with E-state index in [2.05, 4.69) is 0 Å². The van der Waals surface area contributed by atoms with Gasteiger partial charge in [-0.2, -0.15) is 0 Å². The van der Waals surface area contributed by atoms with Crippen molar-refractivity contribution in [3.8, 4) is 11.5 Å². The van der Waals surface area contributed by atoms with E-state index in [0.717, 1.165) is 15.9 Å². The molecule has 0 radical (unpaired) electrons. The van der Waals surface area contributed by atoms with Gasteiger partial charge in [0, 0.05) is 25.7 Å². The van der Waals surface area contributed by atoms with Crippen LogP contribution in [0.25, 0.3) is 0 Å². The highest BCUT2D eigenvalue weighted by molar-refractivity contribution is 7.92. The molecule has 0 saturated carbocycles. The minimum Gasteiger partial charge on any atom is -0.493 e. The molecule has 0 heterocycles. The van der Waals surface area contributed by atoms with Crippen LogP contribution in [0.4, 0.5) is 11.4 Å². The maximum absolute atomic E-state index is 13.4. The molecule has 0 unspecified atom stereocenters. The average molecular weight is 500 g/mol. The first-order valence-corrected chi connectivity index (χ1v) is 11.9. The van der Waals surface area contributed by atoms with Crippen LogP contribution in [0.15, 0.2) is 77.7 Å². The van der Waals surface area contributed by atoms with Crippen LogP contribution in [0.1, 0.15) is 5.56 Å². The molecule has 0 saturated heterocycles. The van der Waals surface area contributed by atoms with Gasteiger partial charge >= 0.3 is 0 Å². The highest BCUT2D eigenvalue weighted by atomic mass is 32.2. The molecule has 0 bridgehead atoms. The zero-order valence-corrected chi connectivity index (χ0v) is 20.3. The number of benzene rings is 3. The molecule has 0 aromatic heterocycles. The number of rotatable bonds is 10. The molecule has 0 aliphatic rings. The Morgan fingerprint density at radius 1 is 0.943 bits per heavy atom. The quantitative estimate of drug-likeness (QED) is 0.309. The fraction of sp³-hybridized carbons (Fsp3) is 0.208. The summed E-state index contributed by atoms with van der Waals surface area (Å²) in [4.78, 5) is 25.1. The van der Waals surface area contributed by atoms with E-state index in [-0.39, 0.29) is 22.8 Å². The van der Waals surface area contributed by atoms with Gasteiger partial charge < -0.3 is 14.4 Å². The van der Waals surface area contributed by atoms with Crippen LogP contribution in [0.5, 0.6) is 11.5 Å². The number of nitro groups is 1. The van der Waals surface area contributed by atoms with Crippen molar-refractivity contribution in [1.29, 1.82) is 0 Å². The molecule has 11 heteroatoms. The van der Waals surface area contributed by atoms with Gasteiger partial charge in [-0.1, -0.05) is 30.3 Å². The molecule has 3 rings (SSSR count). The van der Waals surface area contributed by atoms with Crippen molar-refractivity contribution in [2.24, 2.45) is 0 Å². The Labute approximate surface area is 203 Å². The van der Waals surface area contributed by atoms with Crippen molar-refractivity contribution in [2.45, 2.75) is 11.4 Å². The van der Waals surface area contributed by atoms with Gasteiger partial charge in [0.05, 0.1) is 29.7 Å². The van der Waals surface area contributed by atoms with Crippen LogP contribution < -0.4 is 13.8 Å². The van der Waals surface area contributed by atoms with Crippen LogP contribution >= 0.6 is 0 Å². The molecule has 0 N–H and O–H groups in total. The Hall–Kier alpha value is -4.12. The fourth-order valence-electron chi connectivity index (χ4n) is 3.38. The number of carbonyl (C=O) groups is 1. The molecule has 0 fully saturated rings. The Bertz CT molecular complexity index is 1310. The van der Waals surface area contributed by atoms with Gasteiger partial charge in [-0.15, -0.1) is 0 Å². The number of methoxy groups -OCH3 is 2. The third-order valence-corrected chi connectivity index (χ3v) is 7.02. The highest BCUT2D eigenvalue weighted by Gasteiger charge is 2.29. The van der Waals surface area contributed by atoms with E-state index >= 15 is 0 Å². The van der Waals surface area contributed by atoms with E-state index in [1.54, 1.807) is 43.4 Å². The zero-order valence-electron chi connectivity index (χ0n) is 19.5. The minimum absolute atomic E-state index is 0.0101. The summed E-state index contributed by atoms with van der Waals surface area (Å²) in [6.45, 7) is -0.379. The van der Waals surface area contributed by atoms with E-state index in [9.17, 15) is 23.3 Å². The fourth-order valence-corrected chi connectivity index (χ4v) is 4.81. The summed E-state index contributed by atoms with van der Waals surface area (Å²) >= 11 is 0. The van der Waals surface area contributed by atoms with Crippen molar-refractivity contribution in [3.05, 3.63) is 88.5 Å². The second-order valence-electron chi connectivity index (χ2n) is 7.54. The summed E-state index contributed by atoms with van der Waals surface area (Å²) in [5.74, 6) is 0.526. The third-order valence-electron chi connectivity index (χ3n) is 5.23. The first kappa shape index (κ1) is 25.5. The first-order valence-electron chi connectivity index (χ1n) is 10.4. The number of ether oxygens (including phenoxy) is 2. The minimum atomic E-state index is -4.19. The molecule has 0 aliphatic carbocycles. The van der Waals surface area contributed by atoms with Crippen molar-refractivity contribution in [3.63, 3.8) is 0 Å². The third kappa shape index (κ3) is 5.87. The summed E-state index contributed by atoms with van der Waals surface area (Å²) in [5.41, 5.74) is 0.462. The number of hydrogen-bond acceptors (Lipinski definition) is 7. The molecule has 10 nitrogen and oxygen atoms in total. The molecular weight excluding hydrogens is 474 g/mol. The Balaban J connectivity index is 1.92. The van der Waals surface area contributed by atoms with Gasteiger partial charge in [-0.3, -0.25) is 19.2 Å². The number of amides is 1. The molecule has 3 aromatic carbocycles. The van der Waals surface area contributed by atoms with Gasteiger partial charge in [-0.05, 0) is 35.9 Å². The molecule has 184 valence electrons.